The zero-order chi connectivity index (χ0) is 15.5. The number of nitrogens with zero attached hydrogens (tertiary/aromatic N) is 1. The van der Waals surface area contributed by atoms with Crippen LogP contribution in [-0.2, 0) is 15.8 Å². The van der Waals surface area contributed by atoms with E-state index in [1.165, 1.54) is 30.5 Å². The molecule has 6 nitrogen and oxygen atoms in total. The van der Waals surface area contributed by atoms with E-state index in [1.54, 1.807) is 12.1 Å². The van der Waals surface area contributed by atoms with Crippen LogP contribution in [0.5, 0.6) is 0 Å². The number of aromatic carboxylic acids is 1. The van der Waals surface area contributed by atoms with Gasteiger partial charge >= 0.3 is 5.97 Å². The van der Waals surface area contributed by atoms with E-state index in [0.717, 1.165) is 0 Å². The van der Waals surface area contributed by atoms with Crippen LogP contribution in [0.3, 0.4) is 0 Å². The number of anilines is 1. The van der Waals surface area contributed by atoms with Gasteiger partial charge in [-0.2, -0.15) is 0 Å². The Bertz CT molecular complexity index is 743. The van der Waals surface area contributed by atoms with Crippen LogP contribution < -0.4 is 4.72 Å². The summed E-state index contributed by atoms with van der Waals surface area (Å²) < 4.78 is 27.0. The Balaban J connectivity index is 2.10. The topological polar surface area (TPSA) is 96.4 Å². The summed E-state index contributed by atoms with van der Waals surface area (Å²) in [4.78, 5) is 14.7. The van der Waals surface area contributed by atoms with Gasteiger partial charge < -0.3 is 5.11 Å². The van der Waals surface area contributed by atoms with Crippen molar-refractivity contribution >= 4 is 37.6 Å². The fourth-order valence-corrected chi connectivity index (χ4v) is 3.03. The predicted octanol–water partition coefficient (Wildman–Crippen LogP) is 2.48. The van der Waals surface area contributed by atoms with Crippen molar-refractivity contribution in [1.29, 1.82) is 0 Å². The van der Waals surface area contributed by atoms with Crippen LogP contribution in [0.15, 0.2) is 47.2 Å². The average molecular weight is 371 g/mol. The summed E-state index contributed by atoms with van der Waals surface area (Å²) in [7, 11) is -3.59. The van der Waals surface area contributed by atoms with Crippen molar-refractivity contribution in [3.63, 3.8) is 0 Å². The van der Waals surface area contributed by atoms with E-state index in [0.29, 0.717) is 15.9 Å². The van der Waals surface area contributed by atoms with E-state index in [9.17, 15) is 13.2 Å². The van der Waals surface area contributed by atoms with E-state index >= 15 is 0 Å². The maximum Gasteiger partial charge on any atom is 0.335 e. The van der Waals surface area contributed by atoms with Gasteiger partial charge in [0.05, 0.1) is 23.2 Å². The Morgan fingerprint density at radius 3 is 2.38 bits per heavy atom. The van der Waals surface area contributed by atoms with E-state index in [2.05, 4.69) is 25.6 Å². The van der Waals surface area contributed by atoms with Crippen LogP contribution in [0.4, 0.5) is 5.69 Å². The van der Waals surface area contributed by atoms with Crippen LogP contribution in [0.1, 0.15) is 15.9 Å². The minimum Gasteiger partial charge on any atom is -0.478 e. The number of halogens is 1. The van der Waals surface area contributed by atoms with Gasteiger partial charge in [-0.25, -0.2) is 18.2 Å². The van der Waals surface area contributed by atoms with E-state index in [-0.39, 0.29) is 11.3 Å². The predicted molar refractivity (Wildman–Crippen MR) is 81.6 cm³/mol. The fourth-order valence-electron chi connectivity index (χ4n) is 1.61. The maximum atomic E-state index is 12.0. The molecule has 0 aliphatic heterocycles. The lowest BCUT2D eigenvalue weighted by Gasteiger charge is -2.08. The highest BCUT2D eigenvalue weighted by molar-refractivity contribution is 9.10. The van der Waals surface area contributed by atoms with Crippen LogP contribution in [-0.4, -0.2) is 24.5 Å². The Morgan fingerprint density at radius 1 is 1.19 bits per heavy atom. The zero-order valence-electron chi connectivity index (χ0n) is 10.7. The second-order valence-corrected chi connectivity index (χ2v) is 6.77. The first-order valence-electron chi connectivity index (χ1n) is 5.80. The van der Waals surface area contributed by atoms with Crippen LogP contribution in [0.2, 0.25) is 0 Å². The number of aromatic nitrogens is 1. The van der Waals surface area contributed by atoms with Crippen molar-refractivity contribution in [3.05, 3.63) is 58.3 Å². The number of carboxylic acid groups (broad SMARTS) is 1. The molecule has 0 amide bonds. The van der Waals surface area contributed by atoms with Gasteiger partial charge in [0.1, 0.15) is 4.60 Å². The largest absolute Gasteiger partial charge is 0.478 e. The molecule has 0 aliphatic rings. The first-order chi connectivity index (χ1) is 9.85. The van der Waals surface area contributed by atoms with Crippen molar-refractivity contribution < 1.29 is 18.3 Å². The number of benzene rings is 1. The van der Waals surface area contributed by atoms with E-state index in [4.69, 9.17) is 5.11 Å². The second-order valence-electron chi connectivity index (χ2n) is 4.23. The summed E-state index contributed by atoms with van der Waals surface area (Å²) >= 11 is 3.16. The van der Waals surface area contributed by atoms with Crippen LogP contribution in [0.25, 0.3) is 0 Å². The highest BCUT2D eigenvalue weighted by Gasteiger charge is 2.12. The summed E-state index contributed by atoms with van der Waals surface area (Å²) in [5, 5.41) is 8.78. The number of pyridine rings is 1. The molecule has 0 spiro atoms. The third-order valence-electron chi connectivity index (χ3n) is 2.56. The van der Waals surface area contributed by atoms with Crippen molar-refractivity contribution in [2.24, 2.45) is 0 Å². The minimum absolute atomic E-state index is 0.112. The Labute approximate surface area is 130 Å². The molecule has 0 aliphatic carbocycles. The standard InChI is InChI=1S/C13H11BrN2O4S/c14-12-6-5-11(7-15-12)16-21(19,20)8-9-1-3-10(4-2-9)13(17)18/h1-7,16H,8H2,(H,17,18). The van der Waals surface area contributed by atoms with E-state index < -0.39 is 16.0 Å². The molecule has 21 heavy (non-hydrogen) atoms. The Kier molecular flexibility index (Phi) is 4.59. The molecule has 0 unspecified atom stereocenters. The fraction of sp³-hybridized carbons (Fsp3) is 0.0769. The molecule has 1 aromatic carbocycles. The molecule has 0 bridgehead atoms. The summed E-state index contributed by atoms with van der Waals surface area (Å²) in [6.07, 6.45) is 1.40. The van der Waals surface area contributed by atoms with Gasteiger partial charge in [0.15, 0.2) is 0 Å². The Hall–Kier alpha value is -1.93. The highest BCUT2D eigenvalue weighted by Crippen LogP contribution is 2.14. The van der Waals surface area contributed by atoms with Gasteiger partial charge in [0.25, 0.3) is 0 Å². The molecule has 0 radical (unpaired) electrons. The van der Waals surface area contributed by atoms with Gasteiger partial charge in [-0.1, -0.05) is 12.1 Å². The number of nitrogens with one attached hydrogen (secondary N) is 1. The summed E-state index contributed by atoms with van der Waals surface area (Å²) in [6.45, 7) is 0. The van der Waals surface area contributed by atoms with Crippen molar-refractivity contribution in [2.45, 2.75) is 5.75 Å². The number of hydrogen-bond donors (Lipinski definition) is 2. The first kappa shape index (κ1) is 15.5. The lowest BCUT2D eigenvalue weighted by atomic mass is 10.1. The molecule has 1 aromatic heterocycles. The maximum absolute atomic E-state index is 12.0. The van der Waals surface area contributed by atoms with Gasteiger partial charge in [-0.05, 0) is 45.8 Å². The molecule has 8 heteroatoms. The molecule has 2 aromatic rings. The normalized spacial score (nSPS) is 11.1. The smallest absolute Gasteiger partial charge is 0.335 e. The molecule has 110 valence electrons. The summed E-state index contributed by atoms with van der Waals surface area (Å²) in [6, 6.07) is 8.90. The third-order valence-corrected chi connectivity index (χ3v) is 4.29. The van der Waals surface area contributed by atoms with Gasteiger partial charge in [0, 0.05) is 0 Å². The molecular formula is C13H11BrN2O4S. The average Bonchev–Trinajstić information content (AvgIpc) is 2.41. The van der Waals surface area contributed by atoms with Gasteiger partial charge in [-0.3, -0.25) is 4.72 Å². The van der Waals surface area contributed by atoms with E-state index in [1.807, 2.05) is 0 Å². The van der Waals surface area contributed by atoms with Crippen molar-refractivity contribution in [2.75, 3.05) is 4.72 Å². The zero-order valence-corrected chi connectivity index (χ0v) is 13.1. The van der Waals surface area contributed by atoms with Crippen LogP contribution in [0, 0.1) is 0 Å². The number of rotatable bonds is 5. The molecule has 0 fully saturated rings. The monoisotopic (exact) mass is 370 g/mol. The molecule has 1 heterocycles. The lowest BCUT2D eigenvalue weighted by molar-refractivity contribution is 0.0697. The molecule has 0 atom stereocenters. The van der Waals surface area contributed by atoms with Crippen molar-refractivity contribution in [3.8, 4) is 0 Å². The SMILES string of the molecule is O=C(O)c1ccc(CS(=O)(=O)Nc2ccc(Br)nc2)cc1. The van der Waals surface area contributed by atoms with Crippen molar-refractivity contribution in [1.82, 2.24) is 4.98 Å². The first-order valence-corrected chi connectivity index (χ1v) is 8.24. The lowest BCUT2D eigenvalue weighted by Crippen LogP contribution is -2.15. The number of carboxylic acids is 1. The van der Waals surface area contributed by atoms with Gasteiger partial charge in [0.2, 0.25) is 10.0 Å². The molecule has 0 saturated heterocycles. The third kappa shape index (κ3) is 4.54. The molecular weight excluding hydrogens is 360 g/mol. The number of sulfonamides is 1. The molecule has 2 rings (SSSR count). The van der Waals surface area contributed by atoms with Crippen LogP contribution >= 0.6 is 15.9 Å². The molecule has 0 saturated carbocycles. The minimum atomic E-state index is -3.59. The summed E-state index contributed by atoms with van der Waals surface area (Å²) in [5.41, 5.74) is 0.971. The number of hydrogen-bond acceptors (Lipinski definition) is 4. The van der Waals surface area contributed by atoms with Gasteiger partial charge in [-0.15, -0.1) is 0 Å². The Morgan fingerprint density at radius 2 is 1.86 bits per heavy atom. The molecule has 2 N–H and O–H groups in total. The quantitative estimate of drug-likeness (QED) is 0.788. The highest BCUT2D eigenvalue weighted by atomic mass is 79.9. The number of carbonyl (C=O) groups is 1. The summed E-state index contributed by atoms with van der Waals surface area (Å²) in [5.74, 6) is -1.30. The second kappa shape index (κ2) is 6.23.